The van der Waals surface area contributed by atoms with E-state index in [9.17, 15) is 5.11 Å². The lowest BCUT2D eigenvalue weighted by molar-refractivity contribution is 0.173. The Labute approximate surface area is 143 Å². The van der Waals surface area contributed by atoms with E-state index in [-0.39, 0.29) is 0 Å². The third-order valence-electron chi connectivity index (χ3n) is 3.58. The van der Waals surface area contributed by atoms with Gasteiger partial charge in [-0.1, -0.05) is 36.4 Å². The zero-order chi connectivity index (χ0) is 15.4. The molecule has 3 nitrogen and oxygen atoms in total. The predicted molar refractivity (Wildman–Crippen MR) is 97.6 cm³/mol. The van der Waals surface area contributed by atoms with Crippen molar-refractivity contribution in [2.45, 2.75) is 12.6 Å². The van der Waals surface area contributed by atoms with Crippen molar-refractivity contribution in [3.63, 3.8) is 0 Å². The minimum Gasteiger partial charge on any atom is -0.387 e. The van der Waals surface area contributed by atoms with Crippen LogP contribution in [0.25, 0.3) is 10.9 Å². The van der Waals surface area contributed by atoms with E-state index in [2.05, 4.69) is 45.0 Å². The Balaban J connectivity index is 1.61. The number of aromatic nitrogens is 1. The van der Waals surface area contributed by atoms with Crippen LogP contribution in [-0.4, -0.2) is 16.6 Å². The maximum atomic E-state index is 10.3. The second-order valence-corrected chi connectivity index (χ2v) is 6.37. The second-order valence-electron chi connectivity index (χ2n) is 5.20. The summed E-state index contributed by atoms with van der Waals surface area (Å²) < 4.78 is 1.08. The monoisotopic (exact) mass is 404 g/mol. The minimum absolute atomic E-state index is 0.499. The first-order chi connectivity index (χ1) is 10.7. The standard InChI is InChI=1S/C18H17IN2O/c19-16-7-3-2-6-15(16)18(22)12-20-10-13-9-14-5-1-4-8-17(14)21-11-13/h1-9,11,18,20,22H,10,12H2/t18-/m1/s1. The molecule has 3 aromatic rings. The summed E-state index contributed by atoms with van der Waals surface area (Å²) >= 11 is 2.25. The van der Waals surface area contributed by atoms with Crippen LogP contribution in [-0.2, 0) is 6.54 Å². The van der Waals surface area contributed by atoms with Gasteiger partial charge in [-0.3, -0.25) is 4.98 Å². The Hall–Kier alpha value is -1.50. The number of benzene rings is 2. The van der Waals surface area contributed by atoms with Crippen LogP contribution in [0, 0.1) is 3.57 Å². The minimum atomic E-state index is -0.499. The maximum Gasteiger partial charge on any atom is 0.0924 e. The topological polar surface area (TPSA) is 45.1 Å². The van der Waals surface area contributed by atoms with Gasteiger partial charge in [0.25, 0.3) is 0 Å². The largest absolute Gasteiger partial charge is 0.387 e. The third kappa shape index (κ3) is 3.63. The molecule has 0 bridgehead atoms. The molecule has 112 valence electrons. The highest BCUT2D eigenvalue weighted by Gasteiger charge is 2.10. The van der Waals surface area contributed by atoms with E-state index in [1.54, 1.807) is 0 Å². The summed E-state index contributed by atoms with van der Waals surface area (Å²) in [5.74, 6) is 0. The van der Waals surface area contributed by atoms with Gasteiger partial charge in [-0.05, 0) is 51.9 Å². The molecule has 1 aromatic heterocycles. The van der Waals surface area contributed by atoms with Crippen LogP contribution in [0.1, 0.15) is 17.2 Å². The van der Waals surface area contributed by atoms with Gasteiger partial charge in [-0.2, -0.15) is 0 Å². The fraction of sp³-hybridized carbons (Fsp3) is 0.167. The van der Waals surface area contributed by atoms with Crippen molar-refractivity contribution < 1.29 is 5.11 Å². The van der Waals surface area contributed by atoms with E-state index < -0.39 is 6.10 Å². The molecule has 2 aromatic carbocycles. The van der Waals surface area contributed by atoms with Gasteiger partial charge in [0, 0.05) is 28.2 Å². The van der Waals surface area contributed by atoms with Gasteiger partial charge in [0.1, 0.15) is 0 Å². The molecule has 0 unspecified atom stereocenters. The number of hydrogen-bond donors (Lipinski definition) is 2. The average Bonchev–Trinajstić information content (AvgIpc) is 2.55. The number of nitrogens with one attached hydrogen (secondary N) is 1. The molecular formula is C18H17IN2O. The van der Waals surface area contributed by atoms with Crippen LogP contribution in [0.2, 0.25) is 0 Å². The van der Waals surface area contributed by atoms with Crippen molar-refractivity contribution >= 4 is 33.5 Å². The van der Waals surface area contributed by atoms with Crippen molar-refractivity contribution in [3.8, 4) is 0 Å². The summed E-state index contributed by atoms with van der Waals surface area (Å²) in [7, 11) is 0. The van der Waals surface area contributed by atoms with E-state index in [0.29, 0.717) is 13.1 Å². The van der Waals surface area contributed by atoms with Gasteiger partial charge >= 0.3 is 0 Å². The molecule has 0 spiro atoms. The van der Waals surface area contributed by atoms with Crippen molar-refractivity contribution in [1.82, 2.24) is 10.3 Å². The fourth-order valence-corrected chi connectivity index (χ4v) is 3.17. The van der Waals surface area contributed by atoms with Crippen molar-refractivity contribution in [3.05, 3.63) is 75.5 Å². The van der Waals surface area contributed by atoms with Gasteiger partial charge in [0.2, 0.25) is 0 Å². The third-order valence-corrected chi connectivity index (χ3v) is 4.56. The molecule has 0 fully saturated rings. The Morgan fingerprint density at radius 2 is 1.86 bits per heavy atom. The summed E-state index contributed by atoms with van der Waals surface area (Å²) in [5.41, 5.74) is 3.09. The number of hydrogen-bond acceptors (Lipinski definition) is 3. The molecule has 0 radical (unpaired) electrons. The van der Waals surface area contributed by atoms with E-state index >= 15 is 0 Å². The lowest BCUT2D eigenvalue weighted by Gasteiger charge is -2.14. The lowest BCUT2D eigenvalue weighted by Crippen LogP contribution is -2.21. The van der Waals surface area contributed by atoms with Crippen LogP contribution >= 0.6 is 22.6 Å². The highest BCUT2D eigenvalue weighted by molar-refractivity contribution is 14.1. The van der Waals surface area contributed by atoms with Gasteiger partial charge in [0.15, 0.2) is 0 Å². The first-order valence-electron chi connectivity index (χ1n) is 7.21. The lowest BCUT2D eigenvalue weighted by atomic mass is 10.1. The van der Waals surface area contributed by atoms with Gasteiger partial charge in [-0.25, -0.2) is 0 Å². The summed E-state index contributed by atoms with van der Waals surface area (Å²) in [6.07, 6.45) is 1.38. The molecule has 3 rings (SSSR count). The number of rotatable bonds is 5. The average molecular weight is 404 g/mol. The summed E-state index contributed by atoms with van der Waals surface area (Å²) in [5, 5.41) is 14.7. The van der Waals surface area contributed by atoms with Crippen LogP contribution in [0.5, 0.6) is 0 Å². The molecule has 0 saturated carbocycles. The van der Waals surface area contributed by atoms with Gasteiger partial charge in [-0.15, -0.1) is 0 Å². The molecule has 0 saturated heterocycles. The molecular weight excluding hydrogens is 387 g/mol. The number of fused-ring (bicyclic) bond motifs is 1. The molecule has 0 amide bonds. The molecule has 0 aliphatic heterocycles. The quantitative estimate of drug-likeness (QED) is 0.638. The number of para-hydroxylation sites is 1. The number of halogens is 1. The number of aliphatic hydroxyl groups is 1. The van der Waals surface area contributed by atoms with E-state index in [1.807, 2.05) is 48.7 Å². The first kappa shape index (κ1) is 15.4. The molecule has 4 heteroatoms. The summed E-state index contributed by atoms with van der Waals surface area (Å²) in [4.78, 5) is 4.45. The Morgan fingerprint density at radius 1 is 1.09 bits per heavy atom. The second kappa shape index (κ2) is 7.17. The van der Waals surface area contributed by atoms with E-state index in [4.69, 9.17) is 0 Å². The van der Waals surface area contributed by atoms with Crippen molar-refractivity contribution in [2.75, 3.05) is 6.54 Å². The molecule has 1 heterocycles. The molecule has 1 atom stereocenters. The van der Waals surface area contributed by atoms with E-state index in [1.165, 1.54) is 0 Å². The van der Waals surface area contributed by atoms with Gasteiger partial charge in [0.05, 0.1) is 11.6 Å². The van der Waals surface area contributed by atoms with Crippen LogP contribution in [0.3, 0.4) is 0 Å². The fourth-order valence-electron chi connectivity index (χ4n) is 2.42. The van der Waals surface area contributed by atoms with Crippen LogP contribution < -0.4 is 5.32 Å². The molecule has 22 heavy (non-hydrogen) atoms. The first-order valence-corrected chi connectivity index (χ1v) is 8.29. The molecule has 0 aliphatic carbocycles. The summed E-state index contributed by atoms with van der Waals surface area (Å²) in [6, 6.07) is 18.1. The number of pyridine rings is 1. The Bertz CT molecular complexity index is 776. The Morgan fingerprint density at radius 3 is 2.73 bits per heavy atom. The van der Waals surface area contributed by atoms with Crippen LogP contribution in [0.4, 0.5) is 0 Å². The number of aliphatic hydroxyl groups excluding tert-OH is 1. The van der Waals surface area contributed by atoms with Crippen molar-refractivity contribution in [2.24, 2.45) is 0 Å². The van der Waals surface area contributed by atoms with Crippen LogP contribution in [0.15, 0.2) is 60.8 Å². The highest BCUT2D eigenvalue weighted by atomic mass is 127. The van der Waals surface area contributed by atoms with E-state index in [0.717, 1.165) is 25.6 Å². The predicted octanol–water partition coefficient (Wildman–Crippen LogP) is 3.66. The van der Waals surface area contributed by atoms with Gasteiger partial charge < -0.3 is 10.4 Å². The smallest absolute Gasteiger partial charge is 0.0924 e. The molecule has 2 N–H and O–H groups in total. The summed E-state index contributed by atoms with van der Waals surface area (Å²) in [6.45, 7) is 1.21. The molecule has 0 aliphatic rings. The normalized spacial score (nSPS) is 12.5. The SMILES string of the molecule is O[C@H](CNCc1cnc2ccccc2c1)c1ccccc1I. The highest BCUT2D eigenvalue weighted by Crippen LogP contribution is 2.19. The zero-order valence-electron chi connectivity index (χ0n) is 12.0. The van der Waals surface area contributed by atoms with Crippen molar-refractivity contribution in [1.29, 1.82) is 0 Å². The maximum absolute atomic E-state index is 10.3. The zero-order valence-corrected chi connectivity index (χ0v) is 14.2. The number of nitrogens with zero attached hydrogens (tertiary/aromatic N) is 1. The Kier molecular flexibility index (Phi) is 5.02.